The molecule has 0 bridgehead atoms. The Morgan fingerprint density at radius 3 is 2.68 bits per heavy atom. The van der Waals surface area contributed by atoms with Crippen molar-refractivity contribution in [2.75, 3.05) is 0 Å². The summed E-state index contributed by atoms with van der Waals surface area (Å²) in [6.45, 7) is 3.63. The lowest BCUT2D eigenvalue weighted by Crippen LogP contribution is -2.41. The predicted octanol–water partition coefficient (Wildman–Crippen LogP) is 3.77. The van der Waals surface area contributed by atoms with Gasteiger partial charge in [0.2, 0.25) is 0 Å². The molecule has 0 unspecified atom stereocenters. The number of nitrogens with zero attached hydrogens (tertiary/aromatic N) is 3. The molecule has 8 heteroatoms. The number of rotatable bonds is 5. The molecule has 1 aromatic heterocycles. The van der Waals surface area contributed by atoms with Crippen molar-refractivity contribution >= 4 is 17.7 Å². The summed E-state index contributed by atoms with van der Waals surface area (Å²) in [5.41, 5.74) is 1.54. The standard InChI is InChI=1S/C26H23FN4O3/c1-15-13-29-21(14-28-15)22(32)11-16-8-9-20(27)18(10-16)26(2)19-12-23(19)34-25(31-26)30-24(33)17-6-4-3-5-7-17/h3-10,13-14,19,23H,11-12H2,1-2H3,(H,30,31,33)/t19-,23+,26+/m0/s1. The number of aliphatic imine (C=N–C) groups is 1. The second-order valence-corrected chi connectivity index (χ2v) is 8.84. The maximum atomic E-state index is 15.0. The molecule has 2 heterocycles. The van der Waals surface area contributed by atoms with Crippen molar-refractivity contribution in [3.8, 4) is 0 Å². The zero-order valence-electron chi connectivity index (χ0n) is 18.8. The van der Waals surface area contributed by atoms with E-state index in [0.29, 0.717) is 23.1 Å². The van der Waals surface area contributed by atoms with E-state index in [0.717, 1.165) is 5.69 Å². The molecule has 5 rings (SSSR count). The molecule has 0 spiro atoms. The fourth-order valence-electron chi connectivity index (χ4n) is 4.32. The Bertz CT molecular complexity index is 1290. The van der Waals surface area contributed by atoms with Crippen LogP contribution in [0.4, 0.5) is 4.39 Å². The van der Waals surface area contributed by atoms with Crippen molar-refractivity contribution in [2.24, 2.45) is 10.9 Å². The molecule has 172 valence electrons. The Balaban J connectivity index is 1.41. The van der Waals surface area contributed by atoms with Crippen molar-refractivity contribution in [3.63, 3.8) is 0 Å². The first kappa shape index (κ1) is 21.9. The van der Waals surface area contributed by atoms with Gasteiger partial charge in [-0.05, 0) is 50.1 Å². The molecule has 3 aromatic rings. The summed E-state index contributed by atoms with van der Waals surface area (Å²) in [5.74, 6) is -0.988. The second-order valence-electron chi connectivity index (χ2n) is 8.84. The molecular weight excluding hydrogens is 435 g/mol. The van der Waals surface area contributed by atoms with E-state index in [-0.39, 0.29) is 41.8 Å². The van der Waals surface area contributed by atoms with Crippen LogP contribution in [-0.4, -0.2) is 33.8 Å². The number of hydrogen-bond donors (Lipinski definition) is 1. The van der Waals surface area contributed by atoms with Gasteiger partial charge >= 0.3 is 0 Å². The minimum atomic E-state index is -0.935. The minimum absolute atomic E-state index is 0.0201. The molecule has 1 aliphatic heterocycles. The third kappa shape index (κ3) is 4.19. The number of hydrogen-bond acceptors (Lipinski definition) is 6. The molecule has 0 saturated heterocycles. The zero-order chi connectivity index (χ0) is 23.9. The van der Waals surface area contributed by atoms with E-state index in [1.807, 2.05) is 13.0 Å². The van der Waals surface area contributed by atoms with Gasteiger partial charge in [0.1, 0.15) is 17.6 Å². The topological polar surface area (TPSA) is 93.5 Å². The number of amides is 1. The SMILES string of the molecule is Cc1cnc(C(=O)Cc2ccc(F)c([C@@]3(C)N=C(NC(=O)c4ccccc4)O[C@@H]4C[C@@H]43)c2)cn1. The third-order valence-corrected chi connectivity index (χ3v) is 6.31. The highest BCUT2D eigenvalue weighted by Crippen LogP contribution is 2.53. The fraction of sp³-hybridized carbons (Fsp3) is 0.269. The maximum absolute atomic E-state index is 15.0. The van der Waals surface area contributed by atoms with E-state index < -0.39 is 11.4 Å². The molecule has 1 fully saturated rings. The molecule has 1 amide bonds. The quantitative estimate of drug-likeness (QED) is 0.588. The van der Waals surface area contributed by atoms with Crippen LogP contribution < -0.4 is 5.32 Å². The van der Waals surface area contributed by atoms with Crippen LogP contribution in [0.3, 0.4) is 0 Å². The molecule has 1 aliphatic carbocycles. The van der Waals surface area contributed by atoms with Gasteiger partial charge in [-0.2, -0.15) is 0 Å². The average Bonchev–Trinajstić information content (AvgIpc) is 3.62. The highest BCUT2D eigenvalue weighted by Gasteiger charge is 2.57. The molecule has 0 radical (unpaired) electrons. The molecule has 34 heavy (non-hydrogen) atoms. The number of carbonyl (C=O) groups excluding carboxylic acids is 2. The normalized spacial score (nSPS) is 22.7. The lowest BCUT2D eigenvalue weighted by atomic mass is 9.85. The molecule has 2 aromatic carbocycles. The number of ketones is 1. The Kier molecular flexibility index (Phi) is 5.43. The lowest BCUT2D eigenvalue weighted by molar-refractivity contribution is 0.0953. The van der Waals surface area contributed by atoms with Crippen LogP contribution in [0.5, 0.6) is 0 Å². The number of Topliss-reactive ketones (excluding diaryl/α,β-unsaturated/α-hetero) is 1. The highest BCUT2D eigenvalue weighted by atomic mass is 19.1. The summed E-state index contributed by atoms with van der Waals surface area (Å²) in [7, 11) is 0. The number of nitrogens with one attached hydrogen (secondary N) is 1. The van der Waals surface area contributed by atoms with Crippen molar-refractivity contribution in [2.45, 2.75) is 38.3 Å². The number of fused-ring (bicyclic) bond motifs is 1. The number of ether oxygens (including phenoxy) is 1. The van der Waals surface area contributed by atoms with E-state index in [1.165, 1.54) is 12.3 Å². The summed E-state index contributed by atoms with van der Waals surface area (Å²) in [5, 5.41) is 2.71. The van der Waals surface area contributed by atoms with E-state index in [9.17, 15) is 9.59 Å². The molecule has 1 N–H and O–H groups in total. The Labute approximate surface area is 196 Å². The Hall–Kier alpha value is -3.94. The van der Waals surface area contributed by atoms with Crippen molar-refractivity contribution in [3.05, 3.63) is 94.8 Å². The fourth-order valence-corrected chi connectivity index (χ4v) is 4.32. The number of aryl methyl sites for hydroxylation is 1. The molecule has 3 atom stereocenters. The van der Waals surface area contributed by atoms with Crippen LogP contribution in [0, 0.1) is 18.7 Å². The highest BCUT2D eigenvalue weighted by molar-refractivity contribution is 6.04. The Morgan fingerprint density at radius 1 is 1.15 bits per heavy atom. The number of halogens is 1. The van der Waals surface area contributed by atoms with E-state index >= 15 is 4.39 Å². The summed E-state index contributed by atoms with van der Waals surface area (Å²) in [6, 6.07) is 13.4. The van der Waals surface area contributed by atoms with Crippen LogP contribution in [0.15, 0.2) is 65.9 Å². The largest absolute Gasteiger partial charge is 0.461 e. The minimum Gasteiger partial charge on any atom is -0.461 e. The van der Waals surface area contributed by atoms with Gasteiger partial charge < -0.3 is 4.74 Å². The number of benzene rings is 2. The summed E-state index contributed by atoms with van der Waals surface area (Å²) in [4.78, 5) is 38.1. The molecule has 2 aliphatic rings. The van der Waals surface area contributed by atoms with Crippen LogP contribution >= 0.6 is 0 Å². The predicted molar refractivity (Wildman–Crippen MR) is 123 cm³/mol. The average molecular weight is 458 g/mol. The van der Waals surface area contributed by atoms with Crippen molar-refractivity contribution < 1.29 is 18.7 Å². The van der Waals surface area contributed by atoms with Gasteiger partial charge in [0.25, 0.3) is 11.9 Å². The molecule has 7 nitrogen and oxygen atoms in total. The number of amidine groups is 1. The summed E-state index contributed by atoms with van der Waals surface area (Å²) < 4.78 is 20.8. The third-order valence-electron chi connectivity index (χ3n) is 6.31. The van der Waals surface area contributed by atoms with Crippen LogP contribution in [0.1, 0.15) is 51.0 Å². The van der Waals surface area contributed by atoms with Gasteiger partial charge in [-0.25, -0.2) is 14.4 Å². The van der Waals surface area contributed by atoms with Crippen molar-refractivity contribution in [1.82, 2.24) is 15.3 Å². The summed E-state index contributed by atoms with van der Waals surface area (Å²) >= 11 is 0. The van der Waals surface area contributed by atoms with Gasteiger partial charge in [-0.15, -0.1) is 0 Å². The molecular formula is C26H23FN4O3. The first-order valence-electron chi connectivity index (χ1n) is 11.1. The lowest BCUT2D eigenvalue weighted by Gasteiger charge is -2.31. The van der Waals surface area contributed by atoms with Crippen molar-refractivity contribution in [1.29, 1.82) is 0 Å². The number of carbonyl (C=O) groups is 2. The Morgan fingerprint density at radius 2 is 1.94 bits per heavy atom. The summed E-state index contributed by atoms with van der Waals surface area (Å²) in [6.07, 6.45) is 3.60. The van der Waals surface area contributed by atoms with Gasteiger partial charge in [-0.1, -0.05) is 24.3 Å². The van der Waals surface area contributed by atoms with Crippen LogP contribution in [0.2, 0.25) is 0 Å². The first-order chi connectivity index (χ1) is 16.3. The van der Waals surface area contributed by atoms with Crippen LogP contribution in [-0.2, 0) is 16.7 Å². The van der Waals surface area contributed by atoms with E-state index in [4.69, 9.17) is 4.74 Å². The van der Waals surface area contributed by atoms with Gasteiger partial charge in [0.05, 0.1) is 17.4 Å². The zero-order valence-corrected chi connectivity index (χ0v) is 18.8. The van der Waals surface area contributed by atoms with Gasteiger partial charge in [0, 0.05) is 29.7 Å². The monoisotopic (exact) mass is 458 g/mol. The smallest absolute Gasteiger partial charge is 0.292 e. The molecule has 1 saturated carbocycles. The first-order valence-corrected chi connectivity index (χ1v) is 11.1. The van der Waals surface area contributed by atoms with E-state index in [2.05, 4.69) is 20.3 Å². The van der Waals surface area contributed by atoms with E-state index in [1.54, 1.807) is 49.5 Å². The van der Waals surface area contributed by atoms with Gasteiger partial charge in [-0.3, -0.25) is 19.9 Å². The second kappa shape index (κ2) is 8.44. The maximum Gasteiger partial charge on any atom is 0.292 e. The van der Waals surface area contributed by atoms with Crippen LogP contribution in [0.25, 0.3) is 0 Å². The van der Waals surface area contributed by atoms with Gasteiger partial charge in [0.15, 0.2) is 5.78 Å². The number of aromatic nitrogens is 2.